The van der Waals surface area contributed by atoms with Crippen LogP contribution in [-0.2, 0) is 6.42 Å². The van der Waals surface area contributed by atoms with E-state index in [-0.39, 0.29) is 0 Å². The van der Waals surface area contributed by atoms with Gasteiger partial charge in [-0.2, -0.15) is 0 Å². The fourth-order valence-electron chi connectivity index (χ4n) is 2.49. The minimum absolute atomic E-state index is 0.617. The van der Waals surface area contributed by atoms with Gasteiger partial charge < -0.3 is 5.73 Å². The van der Waals surface area contributed by atoms with E-state index in [9.17, 15) is 0 Å². The molecule has 0 atom stereocenters. The number of unbranched alkanes of at least 4 members (excludes halogenated alkanes) is 9. The lowest BCUT2D eigenvalue weighted by Gasteiger charge is -2.05. The second-order valence-electron chi connectivity index (χ2n) is 5.63. The second kappa shape index (κ2) is 10.9. The Balaban J connectivity index is 1.87. The molecule has 1 nitrogen and oxygen atoms in total. The van der Waals surface area contributed by atoms with Crippen LogP contribution in [0, 0.1) is 0 Å². The Kier molecular flexibility index (Phi) is 9.22. The summed E-state index contributed by atoms with van der Waals surface area (Å²) in [6, 6.07) is 7.98. The predicted octanol–water partition coefficient (Wildman–Crippen LogP) is 6.83. The molecular weight excluding hydrogens is 230 g/mol. The number of hydrogen-bond donors (Lipinski definition) is 0. The standard InChI is InChI=1S/C18H30N/c1-2-3-4-5-6-7-8-9-10-11-12-17-13-15-18(19)16-14-17/h13-16,19H,2-12H2,1H3/q-1. The van der Waals surface area contributed by atoms with Gasteiger partial charge in [0.2, 0.25) is 0 Å². The molecule has 0 amide bonds. The Morgan fingerprint density at radius 2 is 1.16 bits per heavy atom. The number of aryl methyl sites for hydroxylation is 1. The van der Waals surface area contributed by atoms with E-state index in [1.54, 1.807) is 0 Å². The van der Waals surface area contributed by atoms with Crippen LogP contribution in [0.2, 0.25) is 0 Å². The van der Waals surface area contributed by atoms with E-state index in [4.69, 9.17) is 5.73 Å². The zero-order chi connectivity index (χ0) is 13.8. The van der Waals surface area contributed by atoms with Crippen molar-refractivity contribution in [3.63, 3.8) is 0 Å². The van der Waals surface area contributed by atoms with E-state index in [1.165, 1.54) is 76.2 Å². The monoisotopic (exact) mass is 260 g/mol. The van der Waals surface area contributed by atoms with Crippen LogP contribution in [-0.4, -0.2) is 0 Å². The molecule has 0 aliphatic rings. The average molecular weight is 260 g/mol. The zero-order valence-electron chi connectivity index (χ0n) is 12.6. The summed E-state index contributed by atoms with van der Waals surface area (Å²) in [7, 11) is 0. The van der Waals surface area contributed by atoms with Crippen LogP contribution in [0.4, 0.5) is 5.69 Å². The Morgan fingerprint density at radius 1 is 0.684 bits per heavy atom. The summed E-state index contributed by atoms with van der Waals surface area (Å²) >= 11 is 0. The summed E-state index contributed by atoms with van der Waals surface area (Å²) in [5.41, 5.74) is 9.44. The number of hydrogen-bond acceptors (Lipinski definition) is 0. The minimum Gasteiger partial charge on any atom is -0.699 e. The fourth-order valence-corrected chi connectivity index (χ4v) is 2.49. The van der Waals surface area contributed by atoms with E-state index in [0.717, 1.165) is 0 Å². The van der Waals surface area contributed by atoms with E-state index >= 15 is 0 Å². The smallest absolute Gasteiger partial charge is 0.0279 e. The molecule has 1 aromatic carbocycles. The highest BCUT2D eigenvalue weighted by atomic mass is 14.5. The Hall–Kier alpha value is -0.980. The first kappa shape index (κ1) is 16.1. The first-order valence-electron chi connectivity index (χ1n) is 8.13. The van der Waals surface area contributed by atoms with Crippen LogP contribution < -0.4 is 0 Å². The predicted molar refractivity (Wildman–Crippen MR) is 86.0 cm³/mol. The lowest BCUT2D eigenvalue weighted by Crippen LogP contribution is -1.86. The lowest BCUT2D eigenvalue weighted by atomic mass is 10.0. The quantitative estimate of drug-likeness (QED) is 0.389. The highest BCUT2D eigenvalue weighted by Gasteiger charge is 1.94. The SMILES string of the molecule is CCCCCCCCCCCCc1ccc([NH-])cc1. The first-order valence-corrected chi connectivity index (χ1v) is 8.13. The minimum atomic E-state index is 0.617. The molecule has 0 aromatic heterocycles. The second-order valence-corrected chi connectivity index (χ2v) is 5.63. The van der Waals surface area contributed by atoms with Gasteiger partial charge in [-0.05, 0) is 18.4 Å². The molecule has 1 N–H and O–H groups in total. The van der Waals surface area contributed by atoms with Crippen molar-refractivity contribution in [1.29, 1.82) is 0 Å². The van der Waals surface area contributed by atoms with Gasteiger partial charge in [0.15, 0.2) is 0 Å². The van der Waals surface area contributed by atoms with Crippen LogP contribution in [0.1, 0.15) is 76.7 Å². The highest BCUT2D eigenvalue weighted by Crippen LogP contribution is 2.15. The van der Waals surface area contributed by atoms with Crippen molar-refractivity contribution in [3.05, 3.63) is 35.6 Å². The van der Waals surface area contributed by atoms with Gasteiger partial charge in [-0.25, -0.2) is 0 Å². The van der Waals surface area contributed by atoms with E-state index in [2.05, 4.69) is 19.1 Å². The van der Waals surface area contributed by atoms with Crippen molar-refractivity contribution < 1.29 is 0 Å². The van der Waals surface area contributed by atoms with Gasteiger partial charge >= 0.3 is 0 Å². The number of nitrogens with one attached hydrogen (secondary N) is 1. The zero-order valence-corrected chi connectivity index (χ0v) is 12.6. The third-order valence-corrected chi connectivity index (χ3v) is 3.77. The van der Waals surface area contributed by atoms with Gasteiger partial charge in [-0.15, -0.1) is 5.69 Å². The van der Waals surface area contributed by atoms with Crippen LogP contribution >= 0.6 is 0 Å². The summed E-state index contributed by atoms with van der Waals surface area (Å²) in [6.07, 6.45) is 15.1. The van der Waals surface area contributed by atoms with Crippen molar-refractivity contribution >= 4 is 5.69 Å². The Bertz CT molecular complexity index is 302. The van der Waals surface area contributed by atoms with Crippen molar-refractivity contribution in [2.45, 2.75) is 77.6 Å². The number of benzene rings is 1. The molecule has 0 spiro atoms. The molecule has 19 heavy (non-hydrogen) atoms. The normalized spacial score (nSPS) is 10.8. The molecule has 0 radical (unpaired) electrons. The topological polar surface area (TPSA) is 23.8 Å². The van der Waals surface area contributed by atoms with Gasteiger partial charge in [0.1, 0.15) is 0 Å². The molecule has 0 unspecified atom stereocenters. The maximum Gasteiger partial charge on any atom is -0.0279 e. The van der Waals surface area contributed by atoms with Crippen molar-refractivity contribution in [2.75, 3.05) is 0 Å². The summed E-state index contributed by atoms with van der Waals surface area (Å²) in [6.45, 7) is 2.28. The molecule has 108 valence electrons. The summed E-state index contributed by atoms with van der Waals surface area (Å²) < 4.78 is 0. The molecular formula is C18H30N-. The molecule has 0 saturated heterocycles. The van der Waals surface area contributed by atoms with Crippen molar-refractivity contribution in [2.24, 2.45) is 0 Å². The van der Waals surface area contributed by atoms with E-state index in [0.29, 0.717) is 5.69 Å². The van der Waals surface area contributed by atoms with Crippen LogP contribution in [0.15, 0.2) is 24.3 Å². The maximum absolute atomic E-state index is 7.44. The summed E-state index contributed by atoms with van der Waals surface area (Å²) in [5, 5.41) is 0. The van der Waals surface area contributed by atoms with E-state index < -0.39 is 0 Å². The molecule has 0 saturated carbocycles. The molecule has 0 fully saturated rings. The van der Waals surface area contributed by atoms with Crippen molar-refractivity contribution in [1.82, 2.24) is 0 Å². The lowest BCUT2D eigenvalue weighted by molar-refractivity contribution is 0.556. The summed E-state index contributed by atoms with van der Waals surface area (Å²) in [5.74, 6) is 0. The van der Waals surface area contributed by atoms with Gasteiger partial charge in [0, 0.05) is 0 Å². The third-order valence-electron chi connectivity index (χ3n) is 3.77. The first-order chi connectivity index (χ1) is 9.33. The fraction of sp³-hybridized carbons (Fsp3) is 0.667. The third kappa shape index (κ3) is 8.69. The van der Waals surface area contributed by atoms with E-state index in [1.807, 2.05) is 12.1 Å². The van der Waals surface area contributed by atoms with Gasteiger partial charge in [0.25, 0.3) is 0 Å². The van der Waals surface area contributed by atoms with Crippen LogP contribution in [0.5, 0.6) is 0 Å². The number of rotatable bonds is 11. The molecule has 0 aliphatic heterocycles. The average Bonchev–Trinajstić information content (AvgIpc) is 2.43. The molecule has 1 aromatic rings. The Morgan fingerprint density at radius 3 is 1.68 bits per heavy atom. The highest BCUT2D eigenvalue weighted by molar-refractivity contribution is 5.43. The van der Waals surface area contributed by atoms with Crippen molar-refractivity contribution in [3.8, 4) is 0 Å². The Labute approximate surface area is 119 Å². The molecule has 0 aliphatic carbocycles. The largest absolute Gasteiger partial charge is 0.699 e. The summed E-state index contributed by atoms with van der Waals surface area (Å²) in [4.78, 5) is 0. The molecule has 1 heteroatoms. The molecule has 1 rings (SSSR count). The van der Waals surface area contributed by atoms with Crippen LogP contribution in [0.3, 0.4) is 0 Å². The molecule has 0 bridgehead atoms. The van der Waals surface area contributed by atoms with Crippen LogP contribution in [0.25, 0.3) is 5.73 Å². The van der Waals surface area contributed by atoms with Gasteiger partial charge in [-0.3, -0.25) is 0 Å². The molecule has 0 heterocycles. The van der Waals surface area contributed by atoms with Gasteiger partial charge in [0.05, 0.1) is 0 Å². The van der Waals surface area contributed by atoms with Gasteiger partial charge in [-0.1, -0.05) is 89.0 Å². The maximum atomic E-state index is 7.44.